The van der Waals surface area contributed by atoms with Crippen LogP contribution in [0, 0.1) is 0 Å². The van der Waals surface area contributed by atoms with E-state index in [-0.39, 0.29) is 0 Å². The minimum absolute atomic E-state index is 0.440. The lowest BCUT2D eigenvalue weighted by Crippen LogP contribution is -1.91. The van der Waals surface area contributed by atoms with Gasteiger partial charge < -0.3 is 0 Å². The van der Waals surface area contributed by atoms with Gasteiger partial charge in [0.2, 0.25) is 5.28 Å². The first-order valence-electron chi connectivity index (χ1n) is 6.77. The Morgan fingerprint density at radius 2 is 1.67 bits per heavy atom. The third-order valence-corrected chi connectivity index (χ3v) is 3.81. The molecule has 0 spiro atoms. The van der Waals surface area contributed by atoms with Crippen LogP contribution in [-0.4, -0.2) is 14.4 Å². The molecule has 0 aliphatic heterocycles. The van der Waals surface area contributed by atoms with Gasteiger partial charge in [0.05, 0.1) is 11.2 Å². The van der Waals surface area contributed by atoms with Crippen molar-refractivity contribution in [2.24, 2.45) is 0 Å². The summed E-state index contributed by atoms with van der Waals surface area (Å²) in [6.45, 7) is 0. The number of rotatable bonds is 2. The zero-order valence-corrected chi connectivity index (χ0v) is 12.0. The van der Waals surface area contributed by atoms with Crippen LogP contribution in [-0.2, 0) is 6.42 Å². The highest BCUT2D eigenvalue weighted by molar-refractivity contribution is 6.29. The molecule has 0 saturated heterocycles. The molecule has 0 radical (unpaired) electrons. The summed E-state index contributed by atoms with van der Waals surface area (Å²) >= 11 is 6.26. The van der Waals surface area contributed by atoms with Gasteiger partial charge in [-0.1, -0.05) is 42.5 Å². The number of hydrogen-bond donors (Lipinski definition) is 0. The third-order valence-electron chi connectivity index (χ3n) is 3.54. The summed E-state index contributed by atoms with van der Waals surface area (Å²) in [4.78, 5) is 9.15. The SMILES string of the molecule is Clc1nc2ccccc2c2nc(Cc3ccccc3)cn12. The minimum Gasteiger partial charge on any atom is -0.274 e. The average Bonchev–Trinajstić information content (AvgIpc) is 2.93. The Kier molecular flexibility index (Phi) is 2.86. The number of imidazole rings is 1. The molecular weight excluding hydrogens is 282 g/mol. The highest BCUT2D eigenvalue weighted by Gasteiger charge is 2.10. The van der Waals surface area contributed by atoms with Crippen molar-refractivity contribution in [2.75, 3.05) is 0 Å². The molecule has 0 saturated carbocycles. The van der Waals surface area contributed by atoms with Crippen LogP contribution in [0.4, 0.5) is 0 Å². The van der Waals surface area contributed by atoms with Gasteiger partial charge in [-0.3, -0.25) is 4.40 Å². The first-order chi connectivity index (χ1) is 10.3. The molecule has 2 aromatic heterocycles. The van der Waals surface area contributed by atoms with E-state index in [2.05, 4.69) is 17.1 Å². The number of nitrogens with zero attached hydrogens (tertiary/aromatic N) is 3. The van der Waals surface area contributed by atoms with Crippen molar-refractivity contribution in [2.45, 2.75) is 6.42 Å². The summed E-state index contributed by atoms with van der Waals surface area (Å²) in [6, 6.07) is 18.2. The topological polar surface area (TPSA) is 30.2 Å². The van der Waals surface area contributed by atoms with Crippen LogP contribution < -0.4 is 0 Å². The summed E-state index contributed by atoms with van der Waals surface area (Å²) < 4.78 is 1.85. The molecule has 0 amide bonds. The van der Waals surface area contributed by atoms with Gasteiger partial charge >= 0.3 is 0 Å². The van der Waals surface area contributed by atoms with E-state index in [0.29, 0.717) is 5.28 Å². The second-order valence-electron chi connectivity index (χ2n) is 4.99. The molecule has 21 heavy (non-hydrogen) atoms. The zero-order valence-electron chi connectivity index (χ0n) is 11.2. The largest absolute Gasteiger partial charge is 0.274 e. The van der Waals surface area contributed by atoms with Crippen molar-refractivity contribution in [3.63, 3.8) is 0 Å². The quantitative estimate of drug-likeness (QED) is 0.520. The molecule has 2 aromatic carbocycles. The second kappa shape index (κ2) is 4.86. The molecule has 0 bridgehead atoms. The zero-order chi connectivity index (χ0) is 14.2. The number of fused-ring (bicyclic) bond motifs is 3. The van der Waals surface area contributed by atoms with Gasteiger partial charge in [0.25, 0.3) is 0 Å². The molecule has 0 unspecified atom stereocenters. The van der Waals surface area contributed by atoms with Gasteiger partial charge in [-0.05, 0) is 29.3 Å². The van der Waals surface area contributed by atoms with E-state index in [9.17, 15) is 0 Å². The number of halogens is 1. The normalized spacial score (nSPS) is 11.3. The van der Waals surface area contributed by atoms with Gasteiger partial charge in [-0.25, -0.2) is 9.97 Å². The van der Waals surface area contributed by atoms with Crippen molar-refractivity contribution >= 4 is 28.2 Å². The van der Waals surface area contributed by atoms with Crippen LogP contribution in [0.1, 0.15) is 11.3 Å². The molecular formula is C17H12ClN3. The van der Waals surface area contributed by atoms with Crippen molar-refractivity contribution in [1.82, 2.24) is 14.4 Å². The standard InChI is InChI=1S/C17H12ClN3/c18-17-20-15-9-5-4-8-14(15)16-19-13(11-21(16)17)10-12-6-2-1-3-7-12/h1-9,11H,10H2. The highest BCUT2D eigenvalue weighted by Crippen LogP contribution is 2.22. The maximum atomic E-state index is 6.26. The predicted octanol–water partition coefficient (Wildman–Crippen LogP) is 4.13. The molecule has 3 nitrogen and oxygen atoms in total. The van der Waals surface area contributed by atoms with Gasteiger partial charge in [-0.15, -0.1) is 0 Å². The van der Waals surface area contributed by atoms with E-state index in [4.69, 9.17) is 16.6 Å². The molecule has 0 aliphatic rings. The summed E-state index contributed by atoms with van der Waals surface area (Å²) in [6.07, 6.45) is 2.75. The number of para-hydroxylation sites is 1. The number of hydrogen-bond acceptors (Lipinski definition) is 2. The van der Waals surface area contributed by atoms with Crippen LogP contribution in [0.2, 0.25) is 5.28 Å². The molecule has 0 aliphatic carbocycles. The molecule has 0 atom stereocenters. The maximum absolute atomic E-state index is 6.26. The average molecular weight is 294 g/mol. The van der Waals surface area contributed by atoms with Crippen LogP contribution in [0.15, 0.2) is 60.8 Å². The Morgan fingerprint density at radius 3 is 2.52 bits per heavy atom. The van der Waals surface area contributed by atoms with E-state index in [1.165, 1.54) is 5.56 Å². The van der Waals surface area contributed by atoms with E-state index in [1.54, 1.807) is 0 Å². The van der Waals surface area contributed by atoms with Gasteiger partial charge in [0, 0.05) is 18.0 Å². The summed E-state index contributed by atoms with van der Waals surface area (Å²) in [5, 5.41) is 1.46. The van der Waals surface area contributed by atoms with Gasteiger partial charge in [-0.2, -0.15) is 0 Å². The maximum Gasteiger partial charge on any atom is 0.209 e. The second-order valence-corrected chi connectivity index (χ2v) is 5.32. The van der Waals surface area contributed by atoms with Crippen molar-refractivity contribution in [3.05, 3.63) is 77.3 Å². The van der Waals surface area contributed by atoms with Gasteiger partial charge in [0.1, 0.15) is 5.65 Å². The van der Waals surface area contributed by atoms with Crippen LogP contribution >= 0.6 is 11.6 Å². The molecule has 4 rings (SSSR count). The van der Waals surface area contributed by atoms with Crippen LogP contribution in [0.3, 0.4) is 0 Å². The summed E-state index contributed by atoms with van der Waals surface area (Å²) in [7, 11) is 0. The monoisotopic (exact) mass is 293 g/mol. The Labute approximate surface area is 126 Å². The number of aromatic nitrogens is 3. The van der Waals surface area contributed by atoms with Crippen molar-refractivity contribution in [1.29, 1.82) is 0 Å². The summed E-state index contributed by atoms with van der Waals surface area (Å²) in [5.41, 5.74) is 3.94. The van der Waals surface area contributed by atoms with E-state index >= 15 is 0 Å². The molecule has 4 heteroatoms. The lowest BCUT2D eigenvalue weighted by molar-refractivity contribution is 1.10. The van der Waals surface area contributed by atoms with E-state index in [0.717, 1.165) is 28.7 Å². The van der Waals surface area contributed by atoms with Gasteiger partial charge in [0.15, 0.2) is 0 Å². The lowest BCUT2D eigenvalue weighted by Gasteiger charge is -2.01. The Balaban J connectivity index is 1.89. The summed E-state index contributed by atoms with van der Waals surface area (Å²) in [5.74, 6) is 0. The molecule has 0 N–H and O–H groups in total. The smallest absolute Gasteiger partial charge is 0.209 e. The molecule has 0 fully saturated rings. The highest BCUT2D eigenvalue weighted by atomic mass is 35.5. The predicted molar refractivity (Wildman–Crippen MR) is 84.8 cm³/mol. The van der Waals surface area contributed by atoms with Crippen LogP contribution in [0.25, 0.3) is 16.6 Å². The number of benzene rings is 2. The van der Waals surface area contributed by atoms with Crippen LogP contribution in [0.5, 0.6) is 0 Å². The lowest BCUT2D eigenvalue weighted by atomic mass is 10.1. The fourth-order valence-corrected chi connectivity index (χ4v) is 2.78. The Bertz CT molecular complexity index is 929. The Hall–Kier alpha value is -2.39. The molecule has 4 aromatic rings. The third kappa shape index (κ3) is 2.16. The fraction of sp³-hybridized carbons (Fsp3) is 0.0588. The fourth-order valence-electron chi connectivity index (χ4n) is 2.56. The first-order valence-corrected chi connectivity index (χ1v) is 7.15. The first kappa shape index (κ1) is 12.4. The molecule has 102 valence electrons. The van der Waals surface area contributed by atoms with E-state index in [1.807, 2.05) is 53.1 Å². The minimum atomic E-state index is 0.440. The van der Waals surface area contributed by atoms with E-state index < -0.39 is 0 Å². The van der Waals surface area contributed by atoms with Crippen molar-refractivity contribution in [3.8, 4) is 0 Å². The molecule has 2 heterocycles. The Morgan fingerprint density at radius 1 is 0.905 bits per heavy atom. The van der Waals surface area contributed by atoms with Crippen molar-refractivity contribution < 1.29 is 0 Å².